The van der Waals surface area contributed by atoms with Crippen molar-refractivity contribution in [2.24, 2.45) is 0 Å². The number of hydrogen-bond donors (Lipinski definition) is 0. The number of hydrogen-bond acceptors (Lipinski definition) is 3. The normalized spacial score (nSPS) is 10.7. The monoisotopic (exact) mass is 340 g/mol. The van der Waals surface area contributed by atoms with Gasteiger partial charge in [-0.25, -0.2) is 0 Å². The molecule has 0 aromatic heterocycles. The van der Waals surface area contributed by atoms with Gasteiger partial charge in [0.1, 0.15) is 5.75 Å². The molecule has 0 aliphatic heterocycles. The van der Waals surface area contributed by atoms with Gasteiger partial charge < -0.3 is 9.47 Å². The van der Waals surface area contributed by atoms with E-state index in [2.05, 4.69) is 32.0 Å². The zero-order chi connectivity index (χ0) is 18.2. The van der Waals surface area contributed by atoms with E-state index in [1.54, 1.807) is 0 Å². The zero-order valence-electron chi connectivity index (χ0n) is 15.7. The second-order valence-electron chi connectivity index (χ2n) is 5.93. The molecule has 134 valence electrons. The van der Waals surface area contributed by atoms with E-state index >= 15 is 0 Å². The smallest absolute Gasteiger partial charge is 0.189 e. The minimum atomic E-state index is 0.186. The Hall–Kier alpha value is -2.13. The summed E-state index contributed by atoms with van der Waals surface area (Å²) < 4.78 is 11.0. The summed E-state index contributed by atoms with van der Waals surface area (Å²) in [5, 5.41) is 0. The van der Waals surface area contributed by atoms with E-state index in [0.29, 0.717) is 13.0 Å². The molecule has 0 saturated carbocycles. The lowest BCUT2D eigenvalue weighted by Crippen LogP contribution is -2.03. The minimum Gasteiger partial charge on any atom is -0.468 e. The fourth-order valence-electron chi connectivity index (χ4n) is 2.92. The van der Waals surface area contributed by atoms with Gasteiger partial charge in [-0.15, -0.1) is 0 Å². The number of aryl methyl sites for hydroxylation is 2. The number of rotatable bonds is 9. The Labute approximate surface area is 151 Å². The van der Waals surface area contributed by atoms with Crippen LogP contribution in [0.25, 0.3) is 11.1 Å². The van der Waals surface area contributed by atoms with Crippen molar-refractivity contribution in [3.8, 4) is 16.9 Å². The van der Waals surface area contributed by atoms with E-state index in [0.717, 1.165) is 24.2 Å². The molecular formula is C22H28O3. The molecule has 2 aromatic rings. The summed E-state index contributed by atoms with van der Waals surface area (Å²) in [5.74, 6) is 0.988. The van der Waals surface area contributed by atoms with Crippen molar-refractivity contribution in [2.75, 3.05) is 13.4 Å². The van der Waals surface area contributed by atoms with Crippen LogP contribution < -0.4 is 4.74 Å². The Morgan fingerprint density at radius 3 is 2.28 bits per heavy atom. The molecule has 25 heavy (non-hydrogen) atoms. The molecule has 0 aliphatic rings. The molecular weight excluding hydrogens is 312 g/mol. The highest BCUT2D eigenvalue weighted by atomic mass is 16.7. The van der Waals surface area contributed by atoms with Crippen LogP contribution in [0.1, 0.15) is 55.6 Å². The number of carbonyl (C=O) groups is 1. The topological polar surface area (TPSA) is 35.5 Å². The lowest BCUT2D eigenvalue weighted by Gasteiger charge is -2.15. The molecule has 0 bridgehead atoms. The first-order chi connectivity index (χ1) is 12.1. The van der Waals surface area contributed by atoms with Crippen molar-refractivity contribution >= 4 is 5.78 Å². The van der Waals surface area contributed by atoms with Crippen LogP contribution in [-0.4, -0.2) is 19.2 Å². The highest BCUT2D eigenvalue weighted by Gasteiger charge is 2.12. The van der Waals surface area contributed by atoms with Crippen molar-refractivity contribution in [2.45, 2.75) is 47.0 Å². The SMILES string of the molecule is CCOCOc1ccc(CC)c(-c2ccc(C(=O)CC)cc2CC)c1. The lowest BCUT2D eigenvalue weighted by molar-refractivity contribution is 0.0224. The number of Topliss-reactive ketones (excluding diaryl/α,β-unsaturated/α-hetero) is 1. The maximum Gasteiger partial charge on any atom is 0.189 e. The van der Waals surface area contributed by atoms with E-state index in [1.807, 2.05) is 32.0 Å². The average molecular weight is 340 g/mol. The van der Waals surface area contributed by atoms with Gasteiger partial charge in [0.05, 0.1) is 0 Å². The van der Waals surface area contributed by atoms with Crippen molar-refractivity contribution in [1.29, 1.82) is 0 Å². The van der Waals surface area contributed by atoms with E-state index in [9.17, 15) is 4.79 Å². The van der Waals surface area contributed by atoms with Gasteiger partial charge in [-0.1, -0.05) is 39.0 Å². The molecule has 2 aromatic carbocycles. The quantitative estimate of drug-likeness (QED) is 0.346. The summed E-state index contributed by atoms with van der Waals surface area (Å²) in [6, 6.07) is 12.2. The summed E-state index contributed by atoms with van der Waals surface area (Å²) in [7, 11) is 0. The molecule has 0 unspecified atom stereocenters. The fourth-order valence-corrected chi connectivity index (χ4v) is 2.92. The number of carbonyl (C=O) groups excluding carboxylic acids is 1. The third-order valence-corrected chi connectivity index (χ3v) is 4.39. The molecule has 0 fully saturated rings. The number of ether oxygens (including phenoxy) is 2. The van der Waals surface area contributed by atoms with Gasteiger partial charge >= 0.3 is 0 Å². The highest BCUT2D eigenvalue weighted by molar-refractivity contribution is 5.96. The first kappa shape index (κ1) is 19.2. The Balaban J connectivity index is 2.44. The Bertz CT molecular complexity index is 719. The second-order valence-corrected chi connectivity index (χ2v) is 5.93. The van der Waals surface area contributed by atoms with Crippen LogP contribution in [0.2, 0.25) is 0 Å². The number of benzene rings is 2. The maximum atomic E-state index is 12.0. The Morgan fingerprint density at radius 1 is 0.880 bits per heavy atom. The standard InChI is InChI=1S/C22H28O3/c1-5-16-9-11-19(25-15-24-8-4)14-21(16)20-12-10-18(22(23)7-3)13-17(20)6-2/h9-14H,5-8,15H2,1-4H3. The predicted octanol–water partition coefficient (Wildman–Crippen LogP) is 5.44. The first-order valence-electron chi connectivity index (χ1n) is 9.14. The molecule has 0 amide bonds. The number of ketones is 1. The molecule has 0 saturated heterocycles. The van der Waals surface area contributed by atoms with Gasteiger partial charge in [0.2, 0.25) is 0 Å². The second kappa shape index (κ2) is 9.38. The van der Waals surface area contributed by atoms with Crippen LogP contribution in [-0.2, 0) is 17.6 Å². The van der Waals surface area contributed by atoms with Gasteiger partial charge in [0.25, 0.3) is 0 Å². The van der Waals surface area contributed by atoms with Crippen LogP contribution in [0.4, 0.5) is 0 Å². The van der Waals surface area contributed by atoms with Gasteiger partial charge in [-0.3, -0.25) is 4.79 Å². The predicted molar refractivity (Wildman–Crippen MR) is 102 cm³/mol. The van der Waals surface area contributed by atoms with Gasteiger partial charge in [-0.05, 0) is 60.2 Å². The van der Waals surface area contributed by atoms with Crippen LogP contribution >= 0.6 is 0 Å². The molecule has 2 rings (SSSR count). The van der Waals surface area contributed by atoms with E-state index in [4.69, 9.17) is 9.47 Å². The van der Waals surface area contributed by atoms with Crippen LogP contribution in [0.5, 0.6) is 5.75 Å². The lowest BCUT2D eigenvalue weighted by atomic mass is 9.91. The molecule has 0 heterocycles. The van der Waals surface area contributed by atoms with Gasteiger partial charge in [-0.2, -0.15) is 0 Å². The van der Waals surface area contributed by atoms with Crippen LogP contribution in [0.15, 0.2) is 36.4 Å². The van der Waals surface area contributed by atoms with Crippen LogP contribution in [0, 0.1) is 0 Å². The summed E-state index contributed by atoms with van der Waals surface area (Å²) in [4.78, 5) is 12.0. The molecule has 0 N–H and O–H groups in total. The van der Waals surface area contributed by atoms with E-state index in [-0.39, 0.29) is 12.6 Å². The average Bonchev–Trinajstić information content (AvgIpc) is 2.66. The maximum absolute atomic E-state index is 12.0. The summed E-state index contributed by atoms with van der Waals surface area (Å²) in [6.45, 7) is 9.01. The van der Waals surface area contributed by atoms with Gasteiger partial charge in [0, 0.05) is 18.6 Å². The van der Waals surface area contributed by atoms with Crippen molar-refractivity contribution in [1.82, 2.24) is 0 Å². The third-order valence-electron chi connectivity index (χ3n) is 4.39. The van der Waals surface area contributed by atoms with Crippen molar-refractivity contribution in [3.05, 3.63) is 53.1 Å². The van der Waals surface area contributed by atoms with E-state index < -0.39 is 0 Å². The zero-order valence-corrected chi connectivity index (χ0v) is 15.7. The summed E-state index contributed by atoms with van der Waals surface area (Å²) >= 11 is 0. The van der Waals surface area contributed by atoms with Crippen LogP contribution in [0.3, 0.4) is 0 Å². The molecule has 0 radical (unpaired) electrons. The molecule has 3 nitrogen and oxygen atoms in total. The Kier molecular flexibility index (Phi) is 7.20. The summed E-state index contributed by atoms with van der Waals surface area (Å²) in [5.41, 5.74) is 5.60. The highest BCUT2D eigenvalue weighted by Crippen LogP contribution is 2.32. The molecule has 3 heteroatoms. The minimum absolute atomic E-state index is 0.186. The van der Waals surface area contributed by atoms with E-state index in [1.165, 1.54) is 22.3 Å². The molecule has 0 spiro atoms. The van der Waals surface area contributed by atoms with Gasteiger partial charge in [0.15, 0.2) is 12.6 Å². The van der Waals surface area contributed by atoms with Crippen molar-refractivity contribution in [3.63, 3.8) is 0 Å². The molecule has 0 atom stereocenters. The first-order valence-corrected chi connectivity index (χ1v) is 9.14. The largest absolute Gasteiger partial charge is 0.468 e. The van der Waals surface area contributed by atoms with Crippen molar-refractivity contribution < 1.29 is 14.3 Å². The summed E-state index contributed by atoms with van der Waals surface area (Å²) in [6.07, 6.45) is 2.36. The molecule has 0 aliphatic carbocycles. The Morgan fingerprint density at radius 2 is 1.64 bits per heavy atom. The third kappa shape index (κ3) is 4.70. The fraction of sp³-hybridized carbons (Fsp3) is 0.409.